The molecule has 0 aliphatic carbocycles. The Morgan fingerprint density at radius 1 is 1.11 bits per heavy atom. The minimum Gasteiger partial charge on any atom is -0.368 e. The van der Waals surface area contributed by atoms with E-state index in [2.05, 4.69) is 27.4 Å². The monoisotopic (exact) mass is 238 g/mol. The van der Waals surface area contributed by atoms with Crippen molar-refractivity contribution in [2.24, 2.45) is 0 Å². The Morgan fingerprint density at radius 2 is 1.89 bits per heavy atom. The van der Waals surface area contributed by atoms with E-state index in [0.29, 0.717) is 11.5 Å². The van der Waals surface area contributed by atoms with Crippen LogP contribution in [0, 0.1) is 11.3 Å². The zero-order valence-electron chi connectivity index (χ0n) is 10.0. The Balaban J connectivity index is 1.81. The number of aryl methyl sites for hydroxylation is 1. The first-order valence-electron chi connectivity index (χ1n) is 5.89. The number of anilines is 1. The quantitative estimate of drug-likeness (QED) is 0.812. The number of hydrogen-bond acceptors (Lipinski definition) is 4. The van der Waals surface area contributed by atoms with E-state index in [1.54, 1.807) is 6.20 Å². The molecule has 0 bridgehead atoms. The Bertz CT molecular complexity index is 531. The molecule has 0 radical (unpaired) electrons. The van der Waals surface area contributed by atoms with Crippen molar-refractivity contribution in [1.82, 2.24) is 9.97 Å². The van der Waals surface area contributed by atoms with Crippen LogP contribution in [-0.4, -0.2) is 16.5 Å². The maximum Gasteiger partial charge on any atom is 0.182 e. The minimum atomic E-state index is 0.345. The molecule has 0 atom stereocenters. The molecule has 0 fully saturated rings. The number of benzene rings is 1. The van der Waals surface area contributed by atoms with E-state index < -0.39 is 0 Å². The van der Waals surface area contributed by atoms with Gasteiger partial charge in [-0.15, -0.1) is 0 Å². The van der Waals surface area contributed by atoms with Crippen molar-refractivity contribution in [3.63, 3.8) is 0 Å². The first kappa shape index (κ1) is 12.1. The summed E-state index contributed by atoms with van der Waals surface area (Å²) in [6.45, 7) is 0.780. The van der Waals surface area contributed by atoms with E-state index in [1.807, 2.05) is 24.3 Å². The fourth-order valence-corrected chi connectivity index (χ4v) is 1.69. The van der Waals surface area contributed by atoms with Crippen LogP contribution in [0.25, 0.3) is 0 Å². The zero-order chi connectivity index (χ0) is 12.6. The summed E-state index contributed by atoms with van der Waals surface area (Å²) >= 11 is 0. The molecule has 0 spiro atoms. The predicted octanol–water partition coefficient (Wildman–Crippen LogP) is 2.39. The van der Waals surface area contributed by atoms with E-state index in [9.17, 15) is 0 Å². The lowest BCUT2D eigenvalue weighted by Crippen LogP contribution is -2.07. The molecule has 1 aromatic heterocycles. The minimum absolute atomic E-state index is 0.345. The summed E-state index contributed by atoms with van der Waals surface area (Å²) in [4.78, 5) is 8.05. The van der Waals surface area contributed by atoms with Crippen molar-refractivity contribution in [2.75, 3.05) is 11.9 Å². The number of aromatic nitrogens is 2. The lowest BCUT2D eigenvalue weighted by atomic mass is 10.1. The van der Waals surface area contributed by atoms with Gasteiger partial charge in [0.1, 0.15) is 6.07 Å². The van der Waals surface area contributed by atoms with Crippen LogP contribution in [0.1, 0.15) is 17.7 Å². The fourth-order valence-electron chi connectivity index (χ4n) is 1.69. The van der Waals surface area contributed by atoms with Gasteiger partial charge in [-0.25, -0.2) is 9.97 Å². The Hall–Kier alpha value is -2.41. The Labute approximate surface area is 106 Å². The average Bonchev–Trinajstić information content (AvgIpc) is 2.45. The second-order valence-corrected chi connectivity index (χ2v) is 3.88. The molecule has 1 N–H and O–H groups in total. The molecule has 0 aliphatic rings. The second-order valence-electron chi connectivity index (χ2n) is 3.88. The summed E-state index contributed by atoms with van der Waals surface area (Å²) in [5, 5.41) is 12.0. The van der Waals surface area contributed by atoms with Crippen LogP contribution in [0.3, 0.4) is 0 Å². The van der Waals surface area contributed by atoms with Crippen molar-refractivity contribution < 1.29 is 0 Å². The Morgan fingerprint density at radius 3 is 2.67 bits per heavy atom. The van der Waals surface area contributed by atoms with Crippen LogP contribution in [-0.2, 0) is 6.42 Å². The van der Waals surface area contributed by atoms with Gasteiger partial charge in [0, 0.05) is 18.9 Å². The summed E-state index contributed by atoms with van der Waals surface area (Å²) in [7, 11) is 0. The molecule has 4 nitrogen and oxygen atoms in total. The van der Waals surface area contributed by atoms with Crippen molar-refractivity contribution in [2.45, 2.75) is 12.8 Å². The molecule has 18 heavy (non-hydrogen) atoms. The maximum atomic E-state index is 8.86. The van der Waals surface area contributed by atoms with Crippen LogP contribution in [0.15, 0.2) is 42.7 Å². The topological polar surface area (TPSA) is 61.6 Å². The highest BCUT2D eigenvalue weighted by Crippen LogP contribution is 2.07. The molecule has 90 valence electrons. The zero-order valence-corrected chi connectivity index (χ0v) is 10.0. The van der Waals surface area contributed by atoms with Gasteiger partial charge in [0.15, 0.2) is 11.5 Å². The lowest BCUT2D eigenvalue weighted by Gasteiger charge is -2.06. The highest BCUT2D eigenvalue weighted by atomic mass is 15.0. The van der Waals surface area contributed by atoms with Crippen LogP contribution in [0.2, 0.25) is 0 Å². The van der Waals surface area contributed by atoms with Gasteiger partial charge in [0.25, 0.3) is 0 Å². The van der Waals surface area contributed by atoms with Gasteiger partial charge in [-0.1, -0.05) is 30.3 Å². The standard InChI is InChI=1S/C14H14N4/c15-11-13-14(18-10-9-16-13)17-8-4-7-12-5-2-1-3-6-12/h1-3,5-6,9-10H,4,7-8H2,(H,17,18). The van der Waals surface area contributed by atoms with Crippen molar-refractivity contribution in [3.8, 4) is 6.07 Å². The molecule has 0 saturated heterocycles. The van der Waals surface area contributed by atoms with Gasteiger partial charge >= 0.3 is 0 Å². The number of nitrogens with zero attached hydrogens (tertiary/aromatic N) is 3. The predicted molar refractivity (Wildman–Crippen MR) is 70.0 cm³/mol. The number of rotatable bonds is 5. The van der Waals surface area contributed by atoms with Crippen molar-refractivity contribution in [1.29, 1.82) is 5.26 Å². The van der Waals surface area contributed by atoms with E-state index >= 15 is 0 Å². The summed E-state index contributed by atoms with van der Waals surface area (Å²) in [5.41, 5.74) is 1.66. The smallest absolute Gasteiger partial charge is 0.182 e. The summed E-state index contributed by atoms with van der Waals surface area (Å²) in [6, 6.07) is 12.3. The van der Waals surface area contributed by atoms with Gasteiger partial charge in [0.05, 0.1) is 0 Å². The highest BCUT2D eigenvalue weighted by Gasteiger charge is 2.02. The highest BCUT2D eigenvalue weighted by molar-refractivity contribution is 5.46. The van der Waals surface area contributed by atoms with Crippen LogP contribution < -0.4 is 5.32 Å². The second kappa shape index (κ2) is 6.36. The van der Waals surface area contributed by atoms with Crippen LogP contribution in [0.5, 0.6) is 0 Å². The molecule has 0 aliphatic heterocycles. The maximum absolute atomic E-state index is 8.86. The molecule has 2 rings (SSSR count). The lowest BCUT2D eigenvalue weighted by molar-refractivity contribution is 0.857. The first-order chi connectivity index (χ1) is 8.90. The molecule has 0 amide bonds. The first-order valence-corrected chi connectivity index (χ1v) is 5.89. The average molecular weight is 238 g/mol. The SMILES string of the molecule is N#Cc1nccnc1NCCCc1ccccc1. The van der Waals surface area contributed by atoms with Crippen LogP contribution >= 0.6 is 0 Å². The van der Waals surface area contributed by atoms with Gasteiger partial charge in [0.2, 0.25) is 0 Å². The van der Waals surface area contributed by atoms with Gasteiger partial charge in [-0.3, -0.25) is 0 Å². The van der Waals surface area contributed by atoms with Gasteiger partial charge < -0.3 is 5.32 Å². The third-order valence-electron chi connectivity index (χ3n) is 2.58. The molecule has 1 aromatic carbocycles. The fraction of sp³-hybridized carbons (Fsp3) is 0.214. The number of nitrogens with one attached hydrogen (secondary N) is 1. The number of hydrogen-bond donors (Lipinski definition) is 1. The van der Waals surface area contributed by atoms with Gasteiger partial charge in [-0.2, -0.15) is 5.26 Å². The van der Waals surface area contributed by atoms with Crippen molar-refractivity contribution in [3.05, 3.63) is 54.0 Å². The Kier molecular flexibility index (Phi) is 4.26. The normalized spacial score (nSPS) is 9.72. The van der Waals surface area contributed by atoms with E-state index in [-0.39, 0.29) is 0 Å². The number of nitriles is 1. The molecule has 2 aromatic rings. The van der Waals surface area contributed by atoms with E-state index in [1.165, 1.54) is 11.8 Å². The van der Waals surface area contributed by atoms with Crippen LogP contribution in [0.4, 0.5) is 5.82 Å². The molecular formula is C14H14N4. The third-order valence-corrected chi connectivity index (χ3v) is 2.58. The third kappa shape index (κ3) is 3.29. The summed E-state index contributed by atoms with van der Waals surface area (Å²) in [5.74, 6) is 0.563. The largest absolute Gasteiger partial charge is 0.368 e. The van der Waals surface area contributed by atoms with Crippen molar-refractivity contribution >= 4 is 5.82 Å². The molecule has 0 saturated carbocycles. The molecule has 4 heteroatoms. The summed E-state index contributed by atoms with van der Waals surface area (Å²) in [6.07, 6.45) is 5.11. The molecule has 1 heterocycles. The molecular weight excluding hydrogens is 224 g/mol. The van der Waals surface area contributed by atoms with Gasteiger partial charge in [-0.05, 0) is 18.4 Å². The molecule has 0 unspecified atom stereocenters. The summed E-state index contributed by atoms with van der Waals surface area (Å²) < 4.78 is 0. The van der Waals surface area contributed by atoms with E-state index in [4.69, 9.17) is 5.26 Å². The van der Waals surface area contributed by atoms with E-state index in [0.717, 1.165) is 19.4 Å².